The molecule has 0 aromatic heterocycles. The summed E-state index contributed by atoms with van der Waals surface area (Å²) in [6.45, 7) is 3.16. The SMILES string of the molecule is Cc1cccc(C#N)c1N(C)CC1CCC1. The maximum atomic E-state index is 9.12. The Kier molecular flexibility index (Phi) is 3.14. The number of benzene rings is 1. The minimum atomic E-state index is 0.793. The molecule has 0 radical (unpaired) electrons. The lowest BCUT2D eigenvalue weighted by Gasteiger charge is -2.32. The average molecular weight is 214 g/mol. The molecule has 0 unspecified atom stereocenters. The molecule has 1 aromatic rings. The summed E-state index contributed by atoms with van der Waals surface area (Å²) in [6.07, 6.45) is 4.06. The Morgan fingerprint density at radius 3 is 2.75 bits per heavy atom. The molecule has 1 aliphatic rings. The Labute approximate surface area is 97.5 Å². The summed E-state index contributed by atoms with van der Waals surface area (Å²) in [5.41, 5.74) is 3.10. The van der Waals surface area contributed by atoms with Crippen molar-refractivity contribution in [1.29, 1.82) is 5.26 Å². The minimum absolute atomic E-state index is 0.793. The van der Waals surface area contributed by atoms with Gasteiger partial charge >= 0.3 is 0 Å². The molecule has 1 aliphatic carbocycles. The quantitative estimate of drug-likeness (QED) is 0.773. The molecule has 0 aliphatic heterocycles. The molecule has 84 valence electrons. The fourth-order valence-corrected chi connectivity index (χ4v) is 2.41. The van der Waals surface area contributed by atoms with Crippen LogP contribution in [0.4, 0.5) is 5.69 Å². The molecule has 0 N–H and O–H groups in total. The van der Waals surface area contributed by atoms with Crippen molar-refractivity contribution in [2.24, 2.45) is 5.92 Å². The molecule has 1 saturated carbocycles. The smallest absolute Gasteiger partial charge is 0.101 e. The van der Waals surface area contributed by atoms with Crippen molar-refractivity contribution in [3.05, 3.63) is 29.3 Å². The number of rotatable bonds is 3. The van der Waals surface area contributed by atoms with Crippen LogP contribution in [0.3, 0.4) is 0 Å². The van der Waals surface area contributed by atoms with Crippen LogP contribution in [0.1, 0.15) is 30.4 Å². The van der Waals surface area contributed by atoms with E-state index < -0.39 is 0 Å². The van der Waals surface area contributed by atoms with Crippen LogP contribution in [0.25, 0.3) is 0 Å². The Hall–Kier alpha value is -1.49. The molecule has 2 nitrogen and oxygen atoms in total. The van der Waals surface area contributed by atoms with E-state index >= 15 is 0 Å². The molecular formula is C14H18N2. The summed E-state index contributed by atoms with van der Waals surface area (Å²) < 4.78 is 0. The lowest BCUT2D eigenvalue weighted by molar-refractivity contribution is 0.321. The maximum absolute atomic E-state index is 9.12. The monoisotopic (exact) mass is 214 g/mol. The molecule has 0 amide bonds. The maximum Gasteiger partial charge on any atom is 0.101 e. The van der Waals surface area contributed by atoms with Crippen molar-refractivity contribution in [2.45, 2.75) is 26.2 Å². The Bertz CT molecular complexity index is 413. The van der Waals surface area contributed by atoms with Crippen LogP contribution in [0.5, 0.6) is 0 Å². The van der Waals surface area contributed by atoms with Crippen molar-refractivity contribution in [3.8, 4) is 6.07 Å². The van der Waals surface area contributed by atoms with E-state index in [0.29, 0.717) is 0 Å². The fraction of sp³-hybridized carbons (Fsp3) is 0.500. The van der Waals surface area contributed by atoms with Crippen LogP contribution in [0.15, 0.2) is 18.2 Å². The molecule has 0 saturated heterocycles. The van der Waals surface area contributed by atoms with Crippen LogP contribution >= 0.6 is 0 Å². The molecule has 0 spiro atoms. The summed E-state index contributed by atoms with van der Waals surface area (Å²) in [7, 11) is 2.10. The Morgan fingerprint density at radius 1 is 1.44 bits per heavy atom. The molecule has 0 bridgehead atoms. The number of aryl methyl sites for hydroxylation is 1. The van der Waals surface area contributed by atoms with Gasteiger partial charge in [0.15, 0.2) is 0 Å². The highest BCUT2D eigenvalue weighted by molar-refractivity contribution is 5.63. The first kappa shape index (κ1) is 11.0. The van der Waals surface area contributed by atoms with Gasteiger partial charge in [0.25, 0.3) is 0 Å². The summed E-state index contributed by atoms with van der Waals surface area (Å²) >= 11 is 0. The topological polar surface area (TPSA) is 27.0 Å². The molecule has 16 heavy (non-hydrogen) atoms. The van der Waals surface area contributed by atoms with Gasteiger partial charge in [0.1, 0.15) is 6.07 Å². The summed E-state index contributed by atoms with van der Waals surface area (Å²) in [6, 6.07) is 8.22. The van der Waals surface area contributed by atoms with E-state index in [1.165, 1.54) is 24.8 Å². The lowest BCUT2D eigenvalue weighted by Crippen LogP contribution is -2.30. The highest BCUT2D eigenvalue weighted by atomic mass is 15.1. The molecule has 0 heterocycles. The van der Waals surface area contributed by atoms with Crippen LogP contribution in [0.2, 0.25) is 0 Å². The Balaban J connectivity index is 2.20. The third-order valence-corrected chi connectivity index (χ3v) is 3.50. The van der Waals surface area contributed by atoms with Gasteiger partial charge in [-0.05, 0) is 37.3 Å². The fourth-order valence-electron chi connectivity index (χ4n) is 2.41. The van der Waals surface area contributed by atoms with Gasteiger partial charge in [0.05, 0.1) is 11.3 Å². The second-order valence-electron chi connectivity index (χ2n) is 4.76. The summed E-state index contributed by atoms with van der Waals surface area (Å²) in [5, 5.41) is 9.12. The lowest BCUT2D eigenvalue weighted by atomic mass is 9.85. The highest BCUT2D eigenvalue weighted by Crippen LogP contribution is 2.30. The van der Waals surface area contributed by atoms with Crippen molar-refractivity contribution >= 4 is 5.69 Å². The largest absolute Gasteiger partial charge is 0.373 e. The van der Waals surface area contributed by atoms with Crippen molar-refractivity contribution in [2.75, 3.05) is 18.5 Å². The summed E-state index contributed by atoms with van der Waals surface area (Å²) in [4.78, 5) is 2.25. The molecule has 1 aromatic carbocycles. The molecule has 2 heteroatoms. The minimum Gasteiger partial charge on any atom is -0.373 e. The van der Waals surface area contributed by atoms with Crippen LogP contribution in [-0.2, 0) is 0 Å². The van der Waals surface area contributed by atoms with Gasteiger partial charge in [-0.2, -0.15) is 5.26 Å². The van der Waals surface area contributed by atoms with Gasteiger partial charge < -0.3 is 4.90 Å². The second kappa shape index (κ2) is 4.57. The van der Waals surface area contributed by atoms with Crippen LogP contribution in [0, 0.1) is 24.2 Å². The first-order valence-electron chi connectivity index (χ1n) is 5.93. The zero-order chi connectivity index (χ0) is 11.5. The number of hydrogen-bond donors (Lipinski definition) is 0. The Morgan fingerprint density at radius 2 is 2.19 bits per heavy atom. The molecule has 0 atom stereocenters. The van der Waals surface area contributed by atoms with E-state index in [1.807, 2.05) is 12.1 Å². The van der Waals surface area contributed by atoms with Crippen molar-refractivity contribution in [1.82, 2.24) is 0 Å². The number of anilines is 1. The van der Waals surface area contributed by atoms with E-state index in [1.54, 1.807) is 0 Å². The average Bonchev–Trinajstić information content (AvgIpc) is 2.22. The van der Waals surface area contributed by atoms with Crippen molar-refractivity contribution < 1.29 is 0 Å². The van der Waals surface area contributed by atoms with Crippen molar-refractivity contribution in [3.63, 3.8) is 0 Å². The normalized spacial score (nSPS) is 15.3. The van der Waals surface area contributed by atoms with E-state index in [4.69, 9.17) is 5.26 Å². The van der Waals surface area contributed by atoms with Crippen LogP contribution < -0.4 is 4.90 Å². The predicted molar refractivity (Wildman–Crippen MR) is 66.5 cm³/mol. The first-order valence-corrected chi connectivity index (χ1v) is 5.93. The number of nitrogens with zero attached hydrogens (tertiary/aromatic N) is 2. The van der Waals surface area contributed by atoms with Gasteiger partial charge in [0, 0.05) is 13.6 Å². The van der Waals surface area contributed by atoms with Gasteiger partial charge in [-0.1, -0.05) is 18.6 Å². The molecule has 2 rings (SSSR count). The zero-order valence-electron chi connectivity index (χ0n) is 10.0. The van der Waals surface area contributed by atoms with E-state index in [9.17, 15) is 0 Å². The zero-order valence-corrected chi connectivity index (χ0v) is 10.0. The number of nitriles is 1. The van der Waals surface area contributed by atoms with Gasteiger partial charge in [0.2, 0.25) is 0 Å². The molecule has 1 fully saturated rings. The number of para-hydroxylation sites is 1. The second-order valence-corrected chi connectivity index (χ2v) is 4.76. The van der Waals surface area contributed by atoms with Gasteiger partial charge in [-0.3, -0.25) is 0 Å². The predicted octanol–water partition coefficient (Wildman–Crippen LogP) is 3.10. The van der Waals surface area contributed by atoms with E-state index in [-0.39, 0.29) is 0 Å². The highest BCUT2D eigenvalue weighted by Gasteiger charge is 2.20. The van der Waals surface area contributed by atoms with E-state index in [2.05, 4.69) is 31.0 Å². The third-order valence-electron chi connectivity index (χ3n) is 3.50. The number of hydrogen-bond acceptors (Lipinski definition) is 2. The first-order chi connectivity index (χ1) is 7.72. The molecular weight excluding hydrogens is 196 g/mol. The van der Waals surface area contributed by atoms with Crippen LogP contribution in [-0.4, -0.2) is 13.6 Å². The third kappa shape index (κ3) is 2.04. The van der Waals surface area contributed by atoms with E-state index in [0.717, 1.165) is 23.7 Å². The van der Waals surface area contributed by atoms with Gasteiger partial charge in [-0.25, -0.2) is 0 Å². The summed E-state index contributed by atoms with van der Waals surface area (Å²) in [5.74, 6) is 0.830. The van der Waals surface area contributed by atoms with Gasteiger partial charge in [-0.15, -0.1) is 0 Å². The standard InChI is InChI=1S/C14H18N2/c1-11-5-3-8-13(9-15)14(11)16(2)10-12-6-4-7-12/h3,5,8,12H,4,6-7,10H2,1-2H3.